The number of carboxylic acid groups (broad SMARTS) is 1. The molecule has 6 nitrogen and oxygen atoms in total. The van der Waals surface area contributed by atoms with Gasteiger partial charge in [-0.15, -0.1) is 0 Å². The van der Waals surface area contributed by atoms with Gasteiger partial charge in [0.2, 0.25) is 0 Å². The number of nitrogens with zero attached hydrogens (tertiary/aromatic N) is 1. The topological polar surface area (TPSA) is 89.9 Å². The van der Waals surface area contributed by atoms with E-state index in [2.05, 4.69) is 5.32 Å². The summed E-state index contributed by atoms with van der Waals surface area (Å²) in [5.74, 6) is -1.90. The number of carbonyl (C=O) groups is 2. The van der Waals surface area contributed by atoms with E-state index in [0.717, 1.165) is 18.2 Å². The van der Waals surface area contributed by atoms with Crippen molar-refractivity contribution >= 4 is 17.7 Å². The van der Waals surface area contributed by atoms with Crippen LogP contribution in [-0.2, 0) is 0 Å². The standard InChI is InChI=1S/C13H17FN2O4/c1-2-5-16(6-7-17)13(20)15-11-8-9(14)3-4-10(11)12(18)19/h3-4,8,17H,2,5-7H2,1H3,(H,15,20)(H,18,19). The first kappa shape index (κ1) is 15.9. The Bertz CT molecular complexity index is 487. The molecule has 0 aliphatic rings. The molecule has 0 aliphatic heterocycles. The van der Waals surface area contributed by atoms with Crippen LogP contribution in [0.3, 0.4) is 0 Å². The van der Waals surface area contributed by atoms with Gasteiger partial charge in [-0.3, -0.25) is 0 Å². The Morgan fingerprint density at radius 1 is 1.35 bits per heavy atom. The molecule has 2 amide bonds. The molecule has 110 valence electrons. The minimum absolute atomic E-state index is 0.110. The molecule has 1 aromatic carbocycles. The summed E-state index contributed by atoms with van der Waals surface area (Å²) in [4.78, 5) is 24.3. The number of aromatic carboxylic acids is 1. The highest BCUT2D eigenvalue weighted by atomic mass is 19.1. The Morgan fingerprint density at radius 3 is 2.60 bits per heavy atom. The van der Waals surface area contributed by atoms with Gasteiger partial charge in [-0.1, -0.05) is 6.92 Å². The third-order valence-corrected chi connectivity index (χ3v) is 2.60. The van der Waals surface area contributed by atoms with Gasteiger partial charge in [-0.05, 0) is 24.6 Å². The van der Waals surface area contributed by atoms with E-state index in [-0.39, 0.29) is 24.4 Å². The molecule has 0 unspecified atom stereocenters. The van der Waals surface area contributed by atoms with Gasteiger partial charge in [-0.2, -0.15) is 0 Å². The first-order valence-corrected chi connectivity index (χ1v) is 6.19. The minimum atomic E-state index is -1.26. The van der Waals surface area contributed by atoms with Gasteiger partial charge in [0.15, 0.2) is 0 Å². The number of rotatable bonds is 6. The Balaban J connectivity index is 2.93. The summed E-state index contributed by atoms with van der Waals surface area (Å²) in [6.45, 7) is 2.19. The third-order valence-electron chi connectivity index (χ3n) is 2.60. The summed E-state index contributed by atoms with van der Waals surface area (Å²) in [5.41, 5.74) is -0.304. The van der Waals surface area contributed by atoms with Gasteiger partial charge in [0.05, 0.1) is 17.9 Å². The Kier molecular flexibility index (Phi) is 5.92. The lowest BCUT2D eigenvalue weighted by Crippen LogP contribution is -2.37. The number of hydrogen-bond acceptors (Lipinski definition) is 3. The summed E-state index contributed by atoms with van der Waals surface area (Å²) >= 11 is 0. The van der Waals surface area contributed by atoms with Crippen molar-refractivity contribution < 1.29 is 24.2 Å². The zero-order valence-corrected chi connectivity index (χ0v) is 11.1. The minimum Gasteiger partial charge on any atom is -0.478 e. The number of hydrogen-bond donors (Lipinski definition) is 3. The number of benzene rings is 1. The van der Waals surface area contributed by atoms with Crippen LogP contribution in [0, 0.1) is 5.82 Å². The van der Waals surface area contributed by atoms with Gasteiger partial charge in [0, 0.05) is 13.1 Å². The van der Waals surface area contributed by atoms with Gasteiger partial charge in [0.1, 0.15) is 5.82 Å². The van der Waals surface area contributed by atoms with E-state index < -0.39 is 17.8 Å². The van der Waals surface area contributed by atoms with Crippen LogP contribution in [-0.4, -0.2) is 46.8 Å². The average molecular weight is 284 g/mol. The van der Waals surface area contributed by atoms with Crippen molar-refractivity contribution in [2.24, 2.45) is 0 Å². The van der Waals surface area contributed by atoms with E-state index in [4.69, 9.17) is 10.2 Å². The Labute approximate surface area is 115 Å². The first-order valence-electron chi connectivity index (χ1n) is 6.19. The molecule has 1 aromatic rings. The maximum Gasteiger partial charge on any atom is 0.337 e. The molecular weight excluding hydrogens is 267 g/mol. The second-order valence-corrected chi connectivity index (χ2v) is 4.14. The molecule has 0 saturated heterocycles. The second-order valence-electron chi connectivity index (χ2n) is 4.14. The molecule has 0 saturated carbocycles. The Morgan fingerprint density at radius 2 is 2.05 bits per heavy atom. The molecule has 0 aromatic heterocycles. The SMILES string of the molecule is CCCN(CCO)C(=O)Nc1cc(F)ccc1C(=O)O. The Hall–Kier alpha value is -2.15. The predicted molar refractivity (Wildman–Crippen MR) is 71.3 cm³/mol. The summed E-state index contributed by atoms with van der Waals surface area (Å²) in [5, 5.41) is 20.2. The molecule has 0 aliphatic carbocycles. The summed E-state index contributed by atoms with van der Waals surface area (Å²) in [7, 11) is 0. The number of halogens is 1. The average Bonchev–Trinajstić information content (AvgIpc) is 2.38. The molecule has 3 N–H and O–H groups in total. The molecule has 0 atom stereocenters. The van der Waals surface area contributed by atoms with Crippen molar-refractivity contribution in [1.82, 2.24) is 4.90 Å². The molecule has 7 heteroatoms. The molecule has 0 fully saturated rings. The highest BCUT2D eigenvalue weighted by molar-refractivity contribution is 6.00. The van der Waals surface area contributed by atoms with Crippen LogP contribution in [0.15, 0.2) is 18.2 Å². The van der Waals surface area contributed by atoms with Crippen molar-refractivity contribution in [3.63, 3.8) is 0 Å². The van der Waals surface area contributed by atoms with E-state index in [0.29, 0.717) is 13.0 Å². The molecule has 20 heavy (non-hydrogen) atoms. The van der Waals surface area contributed by atoms with Crippen LogP contribution in [0.5, 0.6) is 0 Å². The first-order chi connectivity index (χ1) is 9.49. The van der Waals surface area contributed by atoms with Gasteiger partial charge >= 0.3 is 12.0 Å². The van der Waals surface area contributed by atoms with E-state index in [9.17, 15) is 14.0 Å². The van der Waals surface area contributed by atoms with Crippen molar-refractivity contribution in [2.75, 3.05) is 25.0 Å². The van der Waals surface area contributed by atoms with Crippen LogP contribution in [0.2, 0.25) is 0 Å². The van der Waals surface area contributed by atoms with Crippen LogP contribution < -0.4 is 5.32 Å². The fourth-order valence-corrected chi connectivity index (χ4v) is 1.71. The zero-order valence-electron chi connectivity index (χ0n) is 11.1. The molecule has 0 heterocycles. The summed E-state index contributed by atoms with van der Waals surface area (Å²) in [6.07, 6.45) is 0.683. The quantitative estimate of drug-likeness (QED) is 0.742. The zero-order chi connectivity index (χ0) is 15.1. The van der Waals surface area contributed by atoms with Crippen molar-refractivity contribution in [2.45, 2.75) is 13.3 Å². The number of aliphatic hydroxyl groups is 1. The van der Waals surface area contributed by atoms with Crippen LogP contribution in [0.1, 0.15) is 23.7 Å². The fourth-order valence-electron chi connectivity index (χ4n) is 1.71. The number of urea groups is 1. The van der Waals surface area contributed by atoms with Crippen LogP contribution in [0.25, 0.3) is 0 Å². The van der Waals surface area contributed by atoms with E-state index in [1.165, 1.54) is 4.90 Å². The van der Waals surface area contributed by atoms with Crippen LogP contribution in [0.4, 0.5) is 14.9 Å². The number of carbonyl (C=O) groups excluding carboxylic acids is 1. The highest BCUT2D eigenvalue weighted by Gasteiger charge is 2.17. The lowest BCUT2D eigenvalue weighted by Gasteiger charge is -2.22. The number of carboxylic acids is 1. The van der Waals surface area contributed by atoms with Gasteiger partial charge < -0.3 is 20.4 Å². The number of nitrogens with one attached hydrogen (secondary N) is 1. The maximum absolute atomic E-state index is 13.2. The van der Waals surface area contributed by atoms with E-state index in [1.54, 1.807) is 0 Å². The number of anilines is 1. The smallest absolute Gasteiger partial charge is 0.337 e. The fraction of sp³-hybridized carbons (Fsp3) is 0.385. The normalized spacial score (nSPS) is 10.2. The van der Waals surface area contributed by atoms with E-state index in [1.807, 2.05) is 6.92 Å². The largest absolute Gasteiger partial charge is 0.478 e. The third kappa shape index (κ3) is 4.20. The predicted octanol–water partition coefficient (Wildman–Crippen LogP) is 1.76. The summed E-state index contributed by atoms with van der Waals surface area (Å²) in [6, 6.07) is 2.47. The van der Waals surface area contributed by atoms with E-state index >= 15 is 0 Å². The van der Waals surface area contributed by atoms with Crippen molar-refractivity contribution in [3.05, 3.63) is 29.6 Å². The number of aliphatic hydroxyl groups excluding tert-OH is 1. The lowest BCUT2D eigenvalue weighted by molar-refractivity contribution is 0.0698. The number of amides is 2. The summed E-state index contributed by atoms with van der Waals surface area (Å²) < 4.78 is 13.2. The van der Waals surface area contributed by atoms with Crippen molar-refractivity contribution in [1.29, 1.82) is 0 Å². The van der Waals surface area contributed by atoms with Gasteiger partial charge in [-0.25, -0.2) is 14.0 Å². The van der Waals surface area contributed by atoms with Gasteiger partial charge in [0.25, 0.3) is 0 Å². The van der Waals surface area contributed by atoms with Crippen molar-refractivity contribution in [3.8, 4) is 0 Å². The maximum atomic E-state index is 13.2. The lowest BCUT2D eigenvalue weighted by atomic mass is 10.1. The molecular formula is C13H17FN2O4. The highest BCUT2D eigenvalue weighted by Crippen LogP contribution is 2.18. The monoisotopic (exact) mass is 284 g/mol. The second kappa shape index (κ2) is 7.44. The van der Waals surface area contributed by atoms with Crippen LogP contribution >= 0.6 is 0 Å². The molecule has 0 spiro atoms. The molecule has 0 radical (unpaired) electrons. The molecule has 1 rings (SSSR count). The molecule has 0 bridgehead atoms.